The van der Waals surface area contributed by atoms with Crippen molar-refractivity contribution in [1.82, 2.24) is 0 Å². The molecular weight excluding hydrogens is 425 g/mol. The molecule has 0 radical (unpaired) electrons. The van der Waals surface area contributed by atoms with Crippen molar-refractivity contribution in [3.05, 3.63) is 99.2 Å². The van der Waals surface area contributed by atoms with Crippen molar-refractivity contribution < 1.29 is 23.1 Å². The molecule has 0 saturated carbocycles. The van der Waals surface area contributed by atoms with Gasteiger partial charge in [-0.25, -0.2) is 4.39 Å². The predicted octanol–water partition coefficient (Wildman–Crippen LogP) is 5.01. The summed E-state index contributed by atoms with van der Waals surface area (Å²) in [4.78, 5) is 28.7. The molecule has 33 heavy (non-hydrogen) atoms. The number of carbonyl (C=O) groups excluding carboxylic acids is 1. The second-order valence-electron chi connectivity index (χ2n) is 7.84. The molecule has 0 aliphatic carbocycles. The van der Waals surface area contributed by atoms with Gasteiger partial charge in [-0.1, -0.05) is 17.7 Å². The quantitative estimate of drug-likeness (QED) is 0.442. The Morgan fingerprint density at radius 2 is 1.64 bits per heavy atom. The van der Waals surface area contributed by atoms with E-state index >= 15 is 0 Å². The van der Waals surface area contributed by atoms with Crippen LogP contribution in [0.1, 0.15) is 33.3 Å². The summed E-state index contributed by atoms with van der Waals surface area (Å²) in [5, 5.41) is 0.396. The van der Waals surface area contributed by atoms with Gasteiger partial charge in [-0.2, -0.15) is 0 Å². The Bertz CT molecular complexity index is 1460. The van der Waals surface area contributed by atoms with Gasteiger partial charge in [-0.15, -0.1) is 0 Å². The molecule has 1 unspecified atom stereocenters. The number of hydrogen-bond acceptors (Lipinski definition) is 5. The normalized spacial score (nSPS) is 15.1. The number of amides is 1. The smallest absolute Gasteiger partial charge is 0.295 e. The van der Waals surface area contributed by atoms with E-state index in [0.29, 0.717) is 33.7 Å². The lowest BCUT2D eigenvalue weighted by atomic mass is 9.97. The van der Waals surface area contributed by atoms with Crippen LogP contribution in [0.15, 0.2) is 69.9 Å². The number of methoxy groups -OCH3 is 2. The van der Waals surface area contributed by atoms with E-state index in [1.54, 1.807) is 30.3 Å². The van der Waals surface area contributed by atoms with Crippen LogP contribution in [0.2, 0.25) is 0 Å². The number of hydrogen-bond donors (Lipinski definition) is 0. The first-order valence-corrected chi connectivity index (χ1v) is 10.3. The van der Waals surface area contributed by atoms with Crippen LogP contribution in [0, 0.1) is 12.7 Å². The predicted molar refractivity (Wildman–Crippen MR) is 122 cm³/mol. The number of benzene rings is 3. The molecule has 1 aliphatic heterocycles. The first-order chi connectivity index (χ1) is 15.9. The highest BCUT2D eigenvalue weighted by atomic mass is 19.1. The van der Waals surface area contributed by atoms with Crippen molar-refractivity contribution in [2.75, 3.05) is 19.1 Å². The maximum Gasteiger partial charge on any atom is 0.295 e. The van der Waals surface area contributed by atoms with Crippen molar-refractivity contribution in [3.8, 4) is 11.5 Å². The highest BCUT2D eigenvalue weighted by molar-refractivity contribution is 6.10. The molecule has 1 atom stereocenters. The van der Waals surface area contributed by atoms with Gasteiger partial charge in [0.15, 0.2) is 16.9 Å². The fourth-order valence-corrected chi connectivity index (χ4v) is 4.29. The summed E-state index contributed by atoms with van der Waals surface area (Å²) in [7, 11) is 3.04. The summed E-state index contributed by atoms with van der Waals surface area (Å²) in [5.41, 5.74) is 2.25. The number of carbonyl (C=O) groups is 1. The van der Waals surface area contributed by atoms with Crippen molar-refractivity contribution >= 4 is 22.6 Å². The van der Waals surface area contributed by atoms with Gasteiger partial charge in [0.25, 0.3) is 5.91 Å². The molecule has 1 amide bonds. The van der Waals surface area contributed by atoms with E-state index in [0.717, 1.165) is 5.56 Å². The third-order valence-corrected chi connectivity index (χ3v) is 5.85. The minimum Gasteiger partial charge on any atom is -0.493 e. The summed E-state index contributed by atoms with van der Waals surface area (Å²) in [6.45, 7) is 1.88. The van der Waals surface area contributed by atoms with E-state index in [2.05, 4.69) is 0 Å². The molecule has 3 aromatic carbocycles. The number of fused-ring (bicyclic) bond motifs is 2. The van der Waals surface area contributed by atoms with E-state index in [9.17, 15) is 14.0 Å². The molecule has 1 aliphatic rings. The fourth-order valence-electron chi connectivity index (χ4n) is 4.29. The van der Waals surface area contributed by atoms with Crippen LogP contribution >= 0.6 is 0 Å². The van der Waals surface area contributed by atoms with E-state index in [1.807, 2.05) is 13.0 Å². The highest BCUT2D eigenvalue weighted by Crippen LogP contribution is 2.43. The minimum absolute atomic E-state index is 0.0273. The van der Waals surface area contributed by atoms with Crippen LogP contribution < -0.4 is 19.8 Å². The van der Waals surface area contributed by atoms with Gasteiger partial charge in [-0.3, -0.25) is 14.5 Å². The van der Waals surface area contributed by atoms with Gasteiger partial charge in [0.2, 0.25) is 5.76 Å². The molecule has 0 spiro atoms. The summed E-state index contributed by atoms with van der Waals surface area (Å²) in [6, 6.07) is 15.2. The van der Waals surface area contributed by atoms with Crippen molar-refractivity contribution in [2.24, 2.45) is 0 Å². The molecule has 0 fully saturated rings. The third kappa shape index (κ3) is 3.24. The summed E-state index contributed by atoms with van der Waals surface area (Å²) < 4.78 is 30.4. The summed E-state index contributed by atoms with van der Waals surface area (Å²) >= 11 is 0. The van der Waals surface area contributed by atoms with Gasteiger partial charge in [-0.05, 0) is 61.0 Å². The molecule has 7 heteroatoms. The Labute approximate surface area is 188 Å². The first kappa shape index (κ1) is 20.8. The minimum atomic E-state index is -0.793. The van der Waals surface area contributed by atoms with E-state index in [-0.39, 0.29) is 16.8 Å². The number of nitrogens with zero attached hydrogens (tertiary/aromatic N) is 1. The fraction of sp³-hybridized carbons (Fsp3) is 0.154. The zero-order valence-corrected chi connectivity index (χ0v) is 18.2. The molecule has 6 nitrogen and oxygen atoms in total. The van der Waals surface area contributed by atoms with Crippen molar-refractivity contribution in [1.29, 1.82) is 0 Å². The average Bonchev–Trinajstić information content (AvgIpc) is 3.12. The largest absolute Gasteiger partial charge is 0.493 e. The lowest BCUT2D eigenvalue weighted by Crippen LogP contribution is -2.29. The topological polar surface area (TPSA) is 69.0 Å². The van der Waals surface area contributed by atoms with Gasteiger partial charge in [0.1, 0.15) is 11.4 Å². The number of rotatable bonds is 4. The molecule has 2 heterocycles. The number of halogens is 1. The van der Waals surface area contributed by atoms with Gasteiger partial charge in [0, 0.05) is 5.69 Å². The zero-order chi connectivity index (χ0) is 23.3. The van der Waals surface area contributed by atoms with E-state index in [4.69, 9.17) is 13.9 Å². The van der Waals surface area contributed by atoms with E-state index < -0.39 is 17.8 Å². The lowest BCUT2D eigenvalue weighted by molar-refractivity contribution is 0.0971. The number of ether oxygens (including phenoxy) is 2. The SMILES string of the molecule is COc1ccc(C2c3c(oc4ccc(C)cc4c3=O)C(=O)N2c2ccc(F)cc2)cc1OC. The standard InChI is InChI=1S/C26H20FNO5/c1-14-4-10-19-18(12-14)24(29)22-23(15-5-11-20(31-2)21(13-15)32-3)28(26(30)25(22)33-19)17-8-6-16(27)7-9-17/h4-13,23H,1-3H3. The molecule has 4 aromatic rings. The number of anilines is 1. The maximum absolute atomic E-state index is 13.7. The van der Waals surface area contributed by atoms with Crippen LogP contribution in [0.5, 0.6) is 11.5 Å². The second-order valence-corrected chi connectivity index (χ2v) is 7.84. The Morgan fingerprint density at radius 3 is 2.33 bits per heavy atom. The molecule has 0 saturated heterocycles. The second kappa shape index (κ2) is 7.78. The molecule has 1 aromatic heterocycles. The summed E-state index contributed by atoms with van der Waals surface area (Å²) in [5.74, 6) is 0.0358. The Balaban J connectivity index is 1.81. The van der Waals surface area contributed by atoms with Crippen LogP contribution in [-0.2, 0) is 0 Å². The molecule has 0 bridgehead atoms. The third-order valence-electron chi connectivity index (χ3n) is 5.85. The zero-order valence-electron chi connectivity index (χ0n) is 18.2. The summed E-state index contributed by atoms with van der Waals surface area (Å²) in [6.07, 6.45) is 0. The lowest BCUT2D eigenvalue weighted by Gasteiger charge is -2.25. The van der Waals surface area contributed by atoms with Crippen LogP contribution in [-0.4, -0.2) is 20.1 Å². The molecule has 166 valence electrons. The van der Waals surface area contributed by atoms with E-state index in [1.165, 1.54) is 43.4 Å². The van der Waals surface area contributed by atoms with Crippen LogP contribution in [0.25, 0.3) is 11.0 Å². The Morgan fingerprint density at radius 1 is 0.909 bits per heavy atom. The van der Waals surface area contributed by atoms with Gasteiger partial charge < -0.3 is 13.9 Å². The number of aryl methyl sites for hydroxylation is 1. The molecule has 0 N–H and O–H groups in total. The maximum atomic E-state index is 13.7. The van der Waals surface area contributed by atoms with Gasteiger partial charge >= 0.3 is 0 Å². The molecule has 5 rings (SSSR count). The van der Waals surface area contributed by atoms with Crippen molar-refractivity contribution in [3.63, 3.8) is 0 Å². The van der Waals surface area contributed by atoms with Crippen LogP contribution in [0.3, 0.4) is 0 Å². The monoisotopic (exact) mass is 445 g/mol. The van der Waals surface area contributed by atoms with Crippen molar-refractivity contribution in [2.45, 2.75) is 13.0 Å². The Hall–Kier alpha value is -4.13. The van der Waals surface area contributed by atoms with Gasteiger partial charge in [0.05, 0.1) is 31.2 Å². The Kier molecular flexibility index (Phi) is 4.89. The highest BCUT2D eigenvalue weighted by Gasteiger charge is 2.44. The average molecular weight is 445 g/mol. The van der Waals surface area contributed by atoms with Crippen LogP contribution in [0.4, 0.5) is 10.1 Å². The molecular formula is C26H20FNO5. The first-order valence-electron chi connectivity index (χ1n) is 10.3.